The van der Waals surface area contributed by atoms with Crippen LogP contribution >= 0.6 is 15.9 Å². The van der Waals surface area contributed by atoms with Crippen LogP contribution in [0.1, 0.15) is 11.1 Å². The van der Waals surface area contributed by atoms with E-state index in [0.717, 1.165) is 22.3 Å². The molecule has 0 fully saturated rings. The molecule has 4 heteroatoms. The fourth-order valence-electron chi connectivity index (χ4n) is 1.61. The van der Waals surface area contributed by atoms with E-state index >= 15 is 0 Å². The fraction of sp³-hybridized carbons (Fsp3) is 0.154. The summed E-state index contributed by atoms with van der Waals surface area (Å²) in [5.41, 5.74) is 9.00. The molecule has 2 aromatic rings. The van der Waals surface area contributed by atoms with Crippen LogP contribution in [0.2, 0.25) is 0 Å². The maximum absolute atomic E-state index is 5.67. The van der Waals surface area contributed by atoms with Crippen molar-refractivity contribution >= 4 is 21.6 Å². The van der Waals surface area contributed by atoms with E-state index in [9.17, 15) is 0 Å². The lowest BCUT2D eigenvalue weighted by Gasteiger charge is -2.10. The standard InChI is InChI=1S/C13H14BrN3/c14-12-3-1-2-4-13(12)17-9-10-5-6-16-8-11(10)7-15/h1-6,8,17H,7,9,15H2. The van der Waals surface area contributed by atoms with Crippen LogP contribution in [-0.2, 0) is 13.1 Å². The Balaban J connectivity index is 2.10. The number of nitrogens with zero attached hydrogens (tertiary/aromatic N) is 1. The molecule has 0 radical (unpaired) electrons. The number of para-hydroxylation sites is 1. The number of anilines is 1. The Labute approximate surface area is 109 Å². The smallest absolute Gasteiger partial charge is 0.0487 e. The molecule has 1 aromatic heterocycles. The summed E-state index contributed by atoms with van der Waals surface area (Å²) < 4.78 is 1.06. The highest BCUT2D eigenvalue weighted by atomic mass is 79.9. The number of halogens is 1. The Morgan fingerprint density at radius 3 is 2.76 bits per heavy atom. The normalized spacial score (nSPS) is 10.2. The molecule has 0 unspecified atom stereocenters. The molecule has 88 valence electrons. The summed E-state index contributed by atoms with van der Waals surface area (Å²) in [4.78, 5) is 4.07. The van der Waals surface area contributed by atoms with E-state index < -0.39 is 0 Å². The number of pyridine rings is 1. The van der Waals surface area contributed by atoms with Crippen LogP contribution in [0.15, 0.2) is 47.2 Å². The van der Waals surface area contributed by atoms with Gasteiger partial charge in [0.05, 0.1) is 0 Å². The van der Waals surface area contributed by atoms with Crippen molar-refractivity contribution in [2.45, 2.75) is 13.1 Å². The fourth-order valence-corrected chi connectivity index (χ4v) is 2.03. The Morgan fingerprint density at radius 1 is 1.18 bits per heavy atom. The molecule has 1 aromatic carbocycles. The molecule has 0 aliphatic carbocycles. The second-order valence-electron chi connectivity index (χ2n) is 3.68. The molecule has 0 amide bonds. The van der Waals surface area contributed by atoms with Crippen LogP contribution in [0.5, 0.6) is 0 Å². The average Bonchev–Trinajstić information content (AvgIpc) is 2.38. The van der Waals surface area contributed by atoms with E-state index in [2.05, 4.69) is 26.2 Å². The largest absolute Gasteiger partial charge is 0.380 e. The monoisotopic (exact) mass is 291 g/mol. The summed E-state index contributed by atoms with van der Waals surface area (Å²) in [6.07, 6.45) is 3.60. The Kier molecular flexibility index (Phi) is 4.12. The van der Waals surface area contributed by atoms with E-state index in [1.165, 1.54) is 5.56 Å². The van der Waals surface area contributed by atoms with Gasteiger partial charge in [-0.25, -0.2) is 0 Å². The maximum Gasteiger partial charge on any atom is 0.0487 e. The highest BCUT2D eigenvalue weighted by Gasteiger charge is 2.02. The lowest BCUT2D eigenvalue weighted by atomic mass is 10.1. The van der Waals surface area contributed by atoms with Gasteiger partial charge in [-0.2, -0.15) is 0 Å². The highest BCUT2D eigenvalue weighted by molar-refractivity contribution is 9.10. The number of nitrogens with two attached hydrogens (primary N) is 1. The molecule has 1 heterocycles. The molecule has 0 saturated carbocycles. The minimum absolute atomic E-state index is 0.515. The first-order valence-electron chi connectivity index (χ1n) is 5.41. The zero-order valence-corrected chi connectivity index (χ0v) is 10.9. The topological polar surface area (TPSA) is 50.9 Å². The SMILES string of the molecule is NCc1cnccc1CNc1ccccc1Br. The van der Waals surface area contributed by atoms with Gasteiger partial charge >= 0.3 is 0 Å². The van der Waals surface area contributed by atoms with E-state index in [1.54, 1.807) is 6.20 Å². The van der Waals surface area contributed by atoms with Crippen molar-refractivity contribution < 1.29 is 0 Å². The van der Waals surface area contributed by atoms with Gasteiger partial charge in [-0.05, 0) is 45.3 Å². The predicted octanol–water partition coefficient (Wildman–Crippen LogP) is 2.91. The molecule has 0 spiro atoms. The summed E-state index contributed by atoms with van der Waals surface area (Å²) in [6, 6.07) is 10.0. The van der Waals surface area contributed by atoms with Gasteiger partial charge in [-0.3, -0.25) is 4.98 Å². The zero-order chi connectivity index (χ0) is 12.1. The molecule has 0 aliphatic rings. The lowest BCUT2D eigenvalue weighted by molar-refractivity contribution is 0.986. The van der Waals surface area contributed by atoms with Crippen LogP contribution in [0.4, 0.5) is 5.69 Å². The summed E-state index contributed by atoms with van der Waals surface area (Å²) in [7, 11) is 0. The summed E-state index contributed by atoms with van der Waals surface area (Å²) >= 11 is 3.51. The molecule has 2 rings (SSSR count). The quantitative estimate of drug-likeness (QED) is 0.911. The van der Waals surface area contributed by atoms with Gasteiger partial charge < -0.3 is 11.1 Å². The van der Waals surface area contributed by atoms with Gasteiger partial charge in [-0.15, -0.1) is 0 Å². The van der Waals surface area contributed by atoms with Crippen LogP contribution in [-0.4, -0.2) is 4.98 Å². The first-order valence-corrected chi connectivity index (χ1v) is 6.21. The molecule has 0 bridgehead atoms. The minimum Gasteiger partial charge on any atom is -0.380 e. The highest BCUT2D eigenvalue weighted by Crippen LogP contribution is 2.22. The third-order valence-corrected chi connectivity index (χ3v) is 3.26. The molecule has 17 heavy (non-hydrogen) atoms. The third kappa shape index (κ3) is 3.05. The predicted molar refractivity (Wildman–Crippen MR) is 73.6 cm³/mol. The molecule has 0 aliphatic heterocycles. The second-order valence-corrected chi connectivity index (χ2v) is 4.54. The summed E-state index contributed by atoms with van der Waals surface area (Å²) in [6.45, 7) is 1.26. The van der Waals surface area contributed by atoms with Crippen LogP contribution in [0.3, 0.4) is 0 Å². The zero-order valence-electron chi connectivity index (χ0n) is 9.36. The van der Waals surface area contributed by atoms with Crippen molar-refractivity contribution in [2.75, 3.05) is 5.32 Å². The second kappa shape index (κ2) is 5.80. The summed E-state index contributed by atoms with van der Waals surface area (Å²) in [5, 5.41) is 3.37. The third-order valence-electron chi connectivity index (χ3n) is 2.57. The van der Waals surface area contributed by atoms with Crippen molar-refractivity contribution in [3.63, 3.8) is 0 Å². The van der Waals surface area contributed by atoms with Crippen molar-refractivity contribution in [3.05, 3.63) is 58.3 Å². The molecule has 0 saturated heterocycles. The van der Waals surface area contributed by atoms with E-state index in [-0.39, 0.29) is 0 Å². The van der Waals surface area contributed by atoms with Gasteiger partial charge in [0.25, 0.3) is 0 Å². The van der Waals surface area contributed by atoms with Crippen molar-refractivity contribution in [2.24, 2.45) is 5.73 Å². The minimum atomic E-state index is 0.515. The molecule has 0 atom stereocenters. The van der Waals surface area contributed by atoms with Gasteiger partial charge in [0.2, 0.25) is 0 Å². The maximum atomic E-state index is 5.67. The van der Waals surface area contributed by atoms with Gasteiger partial charge in [0.15, 0.2) is 0 Å². The van der Waals surface area contributed by atoms with Crippen LogP contribution in [0.25, 0.3) is 0 Å². The summed E-state index contributed by atoms with van der Waals surface area (Å²) in [5.74, 6) is 0. The first kappa shape index (κ1) is 12.1. The number of nitrogens with one attached hydrogen (secondary N) is 1. The van der Waals surface area contributed by atoms with Crippen LogP contribution < -0.4 is 11.1 Å². The van der Waals surface area contributed by atoms with Crippen molar-refractivity contribution in [3.8, 4) is 0 Å². The van der Waals surface area contributed by atoms with E-state index in [1.807, 2.05) is 36.5 Å². The average molecular weight is 292 g/mol. The lowest BCUT2D eigenvalue weighted by Crippen LogP contribution is -2.07. The molecule has 3 N–H and O–H groups in total. The number of hydrogen-bond acceptors (Lipinski definition) is 3. The number of hydrogen-bond donors (Lipinski definition) is 2. The Bertz CT molecular complexity index is 500. The Hall–Kier alpha value is -1.39. The van der Waals surface area contributed by atoms with Crippen LogP contribution in [0, 0.1) is 0 Å². The Morgan fingerprint density at radius 2 is 2.00 bits per heavy atom. The molecular formula is C13H14BrN3. The molecule has 3 nitrogen and oxygen atoms in total. The number of benzene rings is 1. The number of aromatic nitrogens is 1. The van der Waals surface area contributed by atoms with E-state index in [4.69, 9.17) is 5.73 Å². The molecular weight excluding hydrogens is 278 g/mol. The van der Waals surface area contributed by atoms with Gasteiger partial charge in [0, 0.05) is 35.6 Å². The van der Waals surface area contributed by atoms with Gasteiger partial charge in [0.1, 0.15) is 0 Å². The van der Waals surface area contributed by atoms with E-state index in [0.29, 0.717) is 6.54 Å². The van der Waals surface area contributed by atoms with Crippen molar-refractivity contribution in [1.29, 1.82) is 0 Å². The first-order chi connectivity index (χ1) is 8.31. The number of rotatable bonds is 4. The van der Waals surface area contributed by atoms with Crippen molar-refractivity contribution in [1.82, 2.24) is 4.98 Å². The van der Waals surface area contributed by atoms with Gasteiger partial charge in [-0.1, -0.05) is 12.1 Å².